The van der Waals surface area contributed by atoms with Crippen molar-refractivity contribution in [3.05, 3.63) is 54.2 Å². The van der Waals surface area contributed by atoms with Crippen LogP contribution in [0.15, 0.2) is 47.0 Å². The van der Waals surface area contributed by atoms with E-state index < -0.39 is 0 Å². The molecular weight excluding hydrogens is 336 g/mol. The van der Waals surface area contributed by atoms with Gasteiger partial charge in [0.2, 0.25) is 5.89 Å². The van der Waals surface area contributed by atoms with Gasteiger partial charge in [-0.3, -0.25) is 0 Å². The molecule has 0 aliphatic heterocycles. The quantitative estimate of drug-likeness (QED) is 0.508. The Morgan fingerprint density at radius 1 is 1.07 bits per heavy atom. The van der Waals surface area contributed by atoms with Gasteiger partial charge in [0.1, 0.15) is 6.04 Å². The van der Waals surface area contributed by atoms with Gasteiger partial charge in [-0.05, 0) is 38.1 Å². The molecule has 0 saturated carbocycles. The maximum atomic E-state index is 5.48. The van der Waals surface area contributed by atoms with Crippen molar-refractivity contribution < 1.29 is 4.52 Å². The van der Waals surface area contributed by atoms with E-state index in [2.05, 4.69) is 90.2 Å². The first-order chi connectivity index (χ1) is 12.9. The molecule has 0 spiro atoms. The summed E-state index contributed by atoms with van der Waals surface area (Å²) in [5.41, 5.74) is 3.45. The van der Waals surface area contributed by atoms with E-state index >= 15 is 0 Å². The molecule has 0 unspecified atom stereocenters. The highest BCUT2D eigenvalue weighted by atomic mass is 16.5. The number of para-hydroxylation sites is 1. The lowest BCUT2D eigenvalue weighted by Crippen LogP contribution is -2.14. The average Bonchev–Trinajstić information content (AvgIpc) is 3.24. The summed E-state index contributed by atoms with van der Waals surface area (Å²) in [6.07, 6.45) is 0. The fraction of sp³-hybridized carbons (Fsp3) is 0.364. The average molecular weight is 362 g/mol. The van der Waals surface area contributed by atoms with Crippen molar-refractivity contribution in [3.8, 4) is 0 Å². The molecular formula is C22H26N4O. The fourth-order valence-electron chi connectivity index (χ4n) is 3.51. The molecule has 2 aromatic carbocycles. The normalized spacial score (nSPS) is 13.4. The summed E-state index contributed by atoms with van der Waals surface area (Å²) in [5, 5.41) is 10.2. The Morgan fingerprint density at radius 3 is 2.52 bits per heavy atom. The first-order valence-electron chi connectivity index (χ1n) is 9.50. The van der Waals surface area contributed by atoms with Crippen molar-refractivity contribution in [2.45, 2.75) is 52.6 Å². The van der Waals surface area contributed by atoms with Gasteiger partial charge in [0.05, 0.1) is 0 Å². The SMILES string of the molecule is CCn1c2ccccc2c2cc(N[C@@H](C)c3nc(C(C)(C)C)no3)ccc21. The molecule has 2 aromatic heterocycles. The van der Waals surface area contributed by atoms with E-state index in [9.17, 15) is 0 Å². The Bertz CT molecular complexity index is 1100. The molecule has 0 fully saturated rings. The molecule has 0 radical (unpaired) electrons. The Balaban J connectivity index is 1.68. The monoisotopic (exact) mass is 362 g/mol. The van der Waals surface area contributed by atoms with Crippen LogP contribution in [0.25, 0.3) is 21.8 Å². The summed E-state index contributed by atoms with van der Waals surface area (Å²) >= 11 is 0. The lowest BCUT2D eigenvalue weighted by molar-refractivity contribution is 0.354. The van der Waals surface area contributed by atoms with Crippen molar-refractivity contribution in [2.75, 3.05) is 5.32 Å². The van der Waals surface area contributed by atoms with E-state index in [1.165, 1.54) is 21.8 Å². The maximum absolute atomic E-state index is 5.48. The van der Waals surface area contributed by atoms with Gasteiger partial charge in [0, 0.05) is 39.5 Å². The molecule has 4 aromatic rings. The van der Waals surface area contributed by atoms with E-state index in [1.807, 2.05) is 6.92 Å². The van der Waals surface area contributed by atoms with Crippen LogP contribution in [0.1, 0.15) is 52.4 Å². The second-order valence-corrected chi connectivity index (χ2v) is 8.07. The van der Waals surface area contributed by atoms with Gasteiger partial charge in [-0.2, -0.15) is 4.98 Å². The van der Waals surface area contributed by atoms with Crippen LogP contribution in [0.2, 0.25) is 0 Å². The zero-order valence-corrected chi connectivity index (χ0v) is 16.6. The molecule has 0 aliphatic carbocycles. The third kappa shape index (κ3) is 3.07. The lowest BCUT2D eigenvalue weighted by Gasteiger charge is -2.13. The molecule has 0 aliphatic rings. The molecule has 140 valence electrons. The summed E-state index contributed by atoms with van der Waals surface area (Å²) in [6, 6.07) is 15.0. The molecule has 5 nitrogen and oxygen atoms in total. The lowest BCUT2D eigenvalue weighted by atomic mass is 9.96. The summed E-state index contributed by atoms with van der Waals surface area (Å²) in [7, 11) is 0. The van der Waals surface area contributed by atoms with Crippen molar-refractivity contribution >= 4 is 27.5 Å². The Morgan fingerprint density at radius 2 is 1.81 bits per heavy atom. The third-order valence-electron chi connectivity index (χ3n) is 4.95. The zero-order valence-electron chi connectivity index (χ0n) is 16.6. The van der Waals surface area contributed by atoms with Gasteiger partial charge >= 0.3 is 0 Å². The van der Waals surface area contributed by atoms with E-state index in [4.69, 9.17) is 4.52 Å². The van der Waals surface area contributed by atoms with Gasteiger partial charge < -0.3 is 14.4 Å². The predicted octanol–water partition coefficient (Wildman–Crippen LogP) is 5.67. The zero-order chi connectivity index (χ0) is 19.2. The summed E-state index contributed by atoms with van der Waals surface area (Å²) in [6.45, 7) is 11.4. The molecule has 1 atom stereocenters. The van der Waals surface area contributed by atoms with Crippen LogP contribution in [0, 0.1) is 0 Å². The number of aryl methyl sites for hydroxylation is 1. The first kappa shape index (κ1) is 17.6. The van der Waals surface area contributed by atoms with Crippen LogP contribution in [0.5, 0.6) is 0 Å². The van der Waals surface area contributed by atoms with Crippen LogP contribution in [-0.4, -0.2) is 14.7 Å². The second-order valence-electron chi connectivity index (χ2n) is 8.07. The summed E-state index contributed by atoms with van der Waals surface area (Å²) in [4.78, 5) is 4.56. The molecule has 4 rings (SSSR count). The minimum atomic E-state index is -0.123. The van der Waals surface area contributed by atoms with Crippen molar-refractivity contribution in [3.63, 3.8) is 0 Å². The molecule has 0 amide bonds. The number of hydrogen-bond donors (Lipinski definition) is 1. The smallest absolute Gasteiger partial charge is 0.248 e. The van der Waals surface area contributed by atoms with Crippen LogP contribution < -0.4 is 5.32 Å². The number of aromatic nitrogens is 3. The Labute approximate surface area is 159 Å². The molecule has 2 heterocycles. The fourth-order valence-corrected chi connectivity index (χ4v) is 3.51. The van der Waals surface area contributed by atoms with E-state index in [0.717, 1.165) is 18.1 Å². The molecule has 0 bridgehead atoms. The minimum Gasteiger partial charge on any atom is -0.374 e. The minimum absolute atomic E-state index is 0.0643. The number of hydrogen-bond acceptors (Lipinski definition) is 4. The van der Waals surface area contributed by atoms with Crippen molar-refractivity contribution in [1.29, 1.82) is 0 Å². The standard InChI is InChI=1S/C22H26N4O/c1-6-26-18-10-8-7-9-16(18)17-13-15(11-12-19(17)26)23-14(2)20-24-21(25-27-20)22(3,4)5/h7-14,23H,6H2,1-5H3/t14-/m0/s1. The largest absolute Gasteiger partial charge is 0.374 e. The molecule has 27 heavy (non-hydrogen) atoms. The number of rotatable bonds is 4. The highest BCUT2D eigenvalue weighted by molar-refractivity contribution is 6.09. The highest BCUT2D eigenvalue weighted by Gasteiger charge is 2.23. The summed E-state index contributed by atoms with van der Waals surface area (Å²) < 4.78 is 7.83. The van der Waals surface area contributed by atoms with Crippen molar-refractivity contribution in [1.82, 2.24) is 14.7 Å². The van der Waals surface area contributed by atoms with Crippen LogP contribution >= 0.6 is 0 Å². The van der Waals surface area contributed by atoms with Gasteiger partial charge in [0.25, 0.3) is 0 Å². The van der Waals surface area contributed by atoms with Gasteiger partial charge in [0.15, 0.2) is 5.82 Å². The highest BCUT2D eigenvalue weighted by Crippen LogP contribution is 2.32. The molecule has 1 N–H and O–H groups in total. The van der Waals surface area contributed by atoms with Gasteiger partial charge in [-0.1, -0.05) is 44.1 Å². The topological polar surface area (TPSA) is 55.9 Å². The first-order valence-corrected chi connectivity index (χ1v) is 9.50. The van der Waals surface area contributed by atoms with E-state index in [0.29, 0.717) is 5.89 Å². The Kier molecular flexibility index (Phi) is 4.17. The second kappa shape index (κ2) is 6.41. The number of benzene rings is 2. The van der Waals surface area contributed by atoms with Gasteiger partial charge in [-0.15, -0.1) is 0 Å². The van der Waals surface area contributed by atoms with E-state index in [1.54, 1.807) is 0 Å². The van der Waals surface area contributed by atoms with E-state index in [-0.39, 0.29) is 11.5 Å². The van der Waals surface area contributed by atoms with Gasteiger partial charge in [-0.25, -0.2) is 0 Å². The molecule has 5 heteroatoms. The number of fused-ring (bicyclic) bond motifs is 3. The van der Waals surface area contributed by atoms with Crippen LogP contribution in [-0.2, 0) is 12.0 Å². The maximum Gasteiger partial charge on any atom is 0.248 e. The summed E-state index contributed by atoms with van der Waals surface area (Å²) in [5.74, 6) is 1.34. The number of anilines is 1. The predicted molar refractivity (Wildman–Crippen MR) is 110 cm³/mol. The van der Waals surface area contributed by atoms with Crippen LogP contribution in [0.4, 0.5) is 5.69 Å². The van der Waals surface area contributed by atoms with Crippen molar-refractivity contribution in [2.24, 2.45) is 0 Å². The van der Waals surface area contributed by atoms with Crippen LogP contribution in [0.3, 0.4) is 0 Å². The number of nitrogens with zero attached hydrogens (tertiary/aromatic N) is 3. The Hall–Kier alpha value is -2.82. The molecule has 0 saturated heterocycles. The third-order valence-corrected chi connectivity index (χ3v) is 4.95. The number of nitrogens with one attached hydrogen (secondary N) is 1.